The molecule has 0 nitrogen and oxygen atoms in total. The van der Waals surface area contributed by atoms with E-state index in [1.54, 1.807) is 0 Å². The maximum atomic E-state index is 7.97. The Morgan fingerprint density at radius 3 is 0.738 bits per heavy atom. The van der Waals surface area contributed by atoms with Gasteiger partial charge in [-0.2, -0.15) is 0 Å². The van der Waals surface area contributed by atoms with Crippen molar-refractivity contribution < 1.29 is 44.8 Å². The molecular weight excluding hydrogens is 1420 g/mol. The van der Waals surface area contributed by atoms with Crippen LogP contribution in [0.5, 0.6) is 0 Å². The van der Waals surface area contributed by atoms with Gasteiger partial charge < -0.3 is 12.8 Å². The van der Waals surface area contributed by atoms with Crippen molar-refractivity contribution in [3.8, 4) is 34.1 Å². The Bertz CT molecular complexity index is 3730. The smallest absolute Gasteiger partial charge is 0.366 e. The van der Waals surface area contributed by atoms with E-state index in [2.05, 4.69) is 315 Å². The first kappa shape index (κ1) is 59.3. The Hall–Kier alpha value is -7.90. The number of hydrogen-bond acceptors (Lipinski definition) is 0. The van der Waals surface area contributed by atoms with E-state index < -0.39 is 26.7 Å². The van der Waals surface area contributed by atoms with Crippen LogP contribution in [0.1, 0.15) is 55.6 Å². The molecule has 0 saturated heterocycles. The summed E-state index contributed by atoms with van der Waals surface area (Å²) in [6, 6.07) is 117. The summed E-state index contributed by atoms with van der Waals surface area (Å²) in [4.78, 5) is 0. The summed E-state index contributed by atoms with van der Waals surface area (Å²) < 4.78 is 0. The summed E-state index contributed by atoms with van der Waals surface area (Å²) in [5.41, 5.74) is 15.3. The van der Waals surface area contributed by atoms with Crippen LogP contribution >= 0.6 is 15.8 Å². The molecule has 2 aliphatic rings. The van der Waals surface area contributed by atoms with Crippen LogP contribution in [-0.2, 0) is 55.6 Å². The molecule has 410 valence electrons. The Morgan fingerprint density at radius 1 is 0.250 bits per heavy atom. The molecule has 0 aliphatic heterocycles. The van der Waals surface area contributed by atoms with Crippen LogP contribution in [0.3, 0.4) is 0 Å². The van der Waals surface area contributed by atoms with Gasteiger partial charge in [0.25, 0.3) is 0 Å². The topological polar surface area (TPSA) is 0 Å². The minimum atomic E-state index is -0.783. The van der Waals surface area contributed by atoms with Crippen LogP contribution in [0.25, 0.3) is 22.3 Å². The van der Waals surface area contributed by atoms with Crippen LogP contribution in [-0.4, -0.2) is 12.3 Å². The molecule has 2 aliphatic carbocycles. The van der Waals surface area contributed by atoms with Gasteiger partial charge in [0, 0.05) is 0 Å². The molecule has 0 bridgehead atoms. The minimum Gasteiger partial charge on any atom is -0.366 e. The van der Waals surface area contributed by atoms with Crippen LogP contribution in [0.15, 0.2) is 328 Å². The van der Waals surface area contributed by atoms with Crippen LogP contribution < -0.4 is 21.2 Å². The number of hydrogen-bond donors (Lipinski definition) is 0. The van der Waals surface area contributed by atoms with E-state index in [1.807, 2.05) is 24.3 Å². The van der Waals surface area contributed by atoms with Gasteiger partial charge in [0.05, 0.1) is 47.9 Å². The van der Waals surface area contributed by atoms with Gasteiger partial charge in [-0.3, -0.25) is 11.8 Å². The van der Waals surface area contributed by atoms with E-state index in [1.165, 1.54) is 89.2 Å². The molecule has 0 fully saturated rings. The second-order valence-corrected chi connectivity index (χ2v) is 25.9. The van der Waals surface area contributed by atoms with Crippen molar-refractivity contribution in [2.24, 2.45) is 0 Å². The molecule has 14 rings (SSSR count). The fourth-order valence-electron chi connectivity index (χ4n) is 12.9. The molecule has 0 atom stereocenters. The molecule has 0 N–H and O–H groups in total. The Morgan fingerprint density at radius 2 is 0.476 bits per heavy atom. The quantitative estimate of drug-likeness (QED) is 0.0524. The van der Waals surface area contributed by atoms with Gasteiger partial charge in [0.1, 0.15) is 12.3 Å². The SMILES string of the molecule is [Au+].[Au+].[C-]#Cc1cccc2c1C(c1ccccc1)(c1ccccc1)c1ccccc1-2.[C-]#Cc1cccc2c1C(c1ccccc1)(c1ccccc1)c1ccccc1-2.c1ccc([PH+](CC[PH+](c2ccccc2)c2ccccc2)c2ccccc2)cc1. The molecule has 4 heteroatoms. The molecule has 0 heterocycles. The van der Waals surface area contributed by atoms with Gasteiger partial charge in [0.15, 0.2) is 0 Å². The maximum Gasteiger partial charge on any atom is 1.00 e. The average molecular weight is 1480 g/mol. The number of fused-ring (bicyclic) bond motifs is 6. The first-order chi connectivity index (χ1) is 40.7. The largest absolute Gasteiger partial charge is 1.00 e. The fraction of sp³-hybridized carbons (Fsp3) is 0.0500. The third kappa shape index (κ3) is 11.3. The van der Waals surface area contributed by atoms with Gasteiger partial charge in [0.2, 0.25) is 0 Å². The fourth-order valence-corrected chi connectivity index (χ4v) is 19.1. The second-order valence-electron chi connectivity index (χ2n) is 20.7. The van der Waals surface area contributed by atoms with Crippen molar-refractivity contribution in [3.05, 3.63) is 396 Å². The molecule has 0 aromatic heterocycles. The summed E-state index contributed by atoms with van der Waals surface area (Å²) in [6.45, 7) is 0. The van der Waals surface area contributed by atoms with E-state index in [0.717, 1.165) is 22.3 Å². The first-order valence-corrected chi connectivity index (χ1v) is 31.5. The van der Waals surface area contributed by atoms with Crippen molar-refractivity contribution in [3.63, 3.8) is 0 Å². The molecule has 0 spiro atoms. The van der Waals surface area contributed by atoms with E-state index in [0.29, 0.717) is 0 Å². The molecule has 84 heavy (non-hydrogen) atoms. The summed E-state index contributed by atoms with van der Waals surface area (Å²) in [5, 5.41) is 6.06. The van der Waals surface area contributed by atoms with Crippen molar-refractivity contribution in [1.29, 1.82) is 0 Å². The Balaban J connectivity index is 0.000000139. The van der Waals surface area contributed by atoms with Gasteiger partial charge >= 0.3 is 44.8 Å². The Labute approximate surface area is 530 Å². The standard InChI is InChI=1S/2C27H17.C26H24P2.2Au/c2*1-2-20-12-11-18-24-23-17-9-10-19-25(23)27(26(20)24,21-13-5-3-6-14-21)22-15-7-4-8-16-22;1-5-13-23(14-6-1)27(24-15-7-2-8-16-24)21-22-28(25-17-9-3-10-18-25)26-19-11-4-12-20-26;;/h2*3-19H;1-20H,21-22H2;;/q2*-1;;2*+1/p+2. The van der Waals surface area contributed by atoms with Crippen molar-refractivity contribution in [2.75, 3.05) is 12.3 Å². The second kappa shape index (κ2) is 27.7. The number of rotatable bonds is 11. The van der Waals surface area contributed by atoms with Crippen molar-refractivity contribution in [2.45, 2.75) is 10.8 Å². The molecule has 12 aromatic carbocycles. The van der Waals surface area contributed by atoms with Crippen molar-refractivity contribution >= 4 is 37.1 Å². The third-order valence-corrected chi connectivity index (χ3v) is 22.5. The first-order valence-electron chi connectivity index (χ1n) is 28.1. The number of benzene rings is 12. The zero-order chi connectivity index (χ0) is 55.6. The molecule has 0 amide bonds. The van der Waals surface area contributed by atoms with E-state index in [-0.39, 0.29) is 44.8 Å². The molecule has 0 unspecified atom stereocenters. The predicted molar refractivity (Wildman–Crippen MR) is 351 cm³/mol. The average Bonchev–Trinajstić information content (AvgIpc) is 2.27. The summed E-state index contributed by atoms with van der Waals surface area (Å²) in [7, 11) is -1.57. The van der Waals surface area contributed by atoms with Gasteiger partial charge in [-0.05, 0) is 104 Å². The molecule has 0 saturated carbocycles. The van der Waals surface area contributed by atoms with Gasteiger partial charge in [-0.25, -0.2) is 0 Å². The van der Waals surface area contributed by atoms with Gasteiger partial charge in [-0.1, -0.05) is 278 Å². The monoisotopic (exact) mass is 1480 g/mol. The third-order valence-electron chi connectivity index (χ3n) is 16.3. The zero-order valence-electron chi connectivity index (χ0n) is 46.2. The van der Waals surface area contributed by atoms with Gasteiger partial charge in [-0.15, -0.1) is 23.3 Å². The minimum absolute atomic E-state index is 0. The summed E-state index contributed by atoms with van der Waals surface area (Å²) in [6.07, 6.45) is 18.5. The van der Waals surface area contributed by atoms with Crippen molar-refractivity contribution in [1.82, 2.24) is 0 Å². The normalized spacial score (nSPS) is 12.3. The molecular formula is C80H60Au2P2+2. The van der Waals surface area contributed by atoms with Crippen LogP contribution in [0.2, 0.25) is 0 Å². The van der Waals surface area contributed by atoms with E-state index in [4.69, 9.17) is 12.8 Å². The predicted octanol–water partition coefficient (Wildman–Crippen LogP) is 16.7. The molecule has 0 radical (unpaired) electrons. The maximum absolute atomic E-state index is 7.97. The molecule has 12 aromatic rings. The summed E-state index contributed by atoms with van der Waals surface area (Å²) >= 11 is 0. The van der Waals surface area contributed by atoms with E-state index >= 15 is 0 Å². The van der Waals surface area contributed by atoms with Crippen LogP contribution in [0, 0.1) is 24.7 Å². The van der Waals surface area contributed by atoms with E-state index in [9.17, 15) is 0 Å². The summed E-state index contributed by atoms with van der Waals surface area (Å²) in [5.74, 6) is 5.41. The van der Waals surface area contributed by atoms with Crippen LogP contribution in [0.4, 0.5) is 0 Å². The Kier molecular flexibility index (Phi) is 19.5. The zero-order valence-corrected chi connectivity index (χ0v) is 52.5.